The molecule has 0 unspecified atom stereocenters. The molecule has 3 N–H and O–H groups in total. The van der Waals surface area contributed by atoms with Crippen LogP contribution in [0.1, 0.15) is 10.4 Å². The van der Waals surface area contributed by atoms with Crippen LogP contribution in [0.4, 0.5) is 14.9 Å². The predicted molar refractivity (Wildman–Crippen MR) is 66.1 cm³/mol. The molecule has 1 heterocycles. The molecule has 7 heteroatoms. The van der Waals surface area contributed by atoms with Crippen molar-refractivity contribution in [2.75, 3.05) is 32.0 Å². The van der Waals surface area contributed by atoms with Crippen LogP contribution < -0.4 is 11.1 Å². The number of benzene rings is 1. The van der Waals surface area contributed by atoms with Crippen molar-refractivity contribution in [3.8, 4) is 0 Å². The molecule has 1 saturated heterocycles. The quantitative estimate of drug-likeness (QED) is 0.617. The second-order valence-electron chi connectivity index (χ2n) is 4.09. The van der Waals surface area contributed by atoms with Crippen LogP contribution in [-0.4, -0.2) is 43.1 Å². The molecule has 0 atom stereocenters. The lowest BCUT2D eigenvalue weighted by molar-refractivity contribution is 0.0476. The summed E-state index contributed by atoms with van der Waals surface area (Å²) < 4.78 is 18.3. The van der Waals surface area contributed by atoms with Crippen molar-refractivity contribution >= 4 is 17.7 Å². The second kappa shape index (κ2) is 5.55. The summed E-state index contributed by atoms with van der Waals surface area (Å²) in [6, 6.07) is 3.51. The van der Waals surface area contributed by atoms with Gasteiger partial charge in [0.1, 0.15) is 12.4 Å². The zero-order valence-corrected chi connectivity index (χ0v) is 10.2. The first-order chi connectivity index (χ1) is 9.08. The summed E-state index contributed by atoms with van der Waals surface area (Å²) in [7, 11) is 0. The Morgan fingerprint density at radius 1 is 1.53 bits per heavy atom. The Labute approximate surface area is 109 Å². The number of hydrogen-bond donors (Lipinski definition) is 2. The topological polar surface area (TPSA) is 84.7 Å². The molecule has 1 aromatic carbocycles. The minimum Gasteiger partial charge on any atom is -0.460 e. The molecule has 19 heavy (non-hydrogen) atoms. The third-order valence-corrected chi connectivity index (χ3v) is 2.75. The van der Waals surface area contributed by atoms with Gasteiger partial charge in [0.25, 0.3) is 0 Å². The maximum absolute atomic E-state index is 13.4. The van der Waals surface area contributed by atoms with Crippen molar-refractivity contribution in [3.05, 3.63) is 29.6 Å². The molecule has 6 nitrogen and oxygen atoms in total. The van der Waals surface area contributed by atoms with E-state index in [9.17, 15) is 14.0 Å². The summed E-state index contributed by atoms with van der Waals surface area (Å²) in [4.78, 5) is 24.4. The van der Waals surface area contributed by atoms with Crippen LogP contribution in [0.25, 0.3) is 0 Å². The highest BCUT2D eigenvalue weighted by Crippen LogP contribution is 2.13. The Bertz CT molecular complexity index is 507. The number of carbonyl (C=O) groups excluding carboxylic acids is 2. The summed E-state index contributed by atoms with van der Waals surface area (Å²) in [5.74, 6) is -1.47. The molecule has 2 amide bonds. The van der Waals surface area contributed by atoms with Crippen molar-refractivity contribution in [2.45, 2.75) is 0 Å². The molecule has 0 aliphatic carbocycles. The zero-order chi connectivity index (χ0) is 13.8. The van der Waals surface area contributed by atoms with Gasteiger partial charge >= 0.3 is 12.0 Å². The smallest absolute Gasteiger partial charge is 0.341 e. The maximum Gasteiger partial charge on any atom is 0.341 e. The summed E-state index contributed by atoms with van der Waals surface area (Å²) >= 11 is 0. The van der Waals surface area contributed by atoms with Crippen LogP contribution in [0.2, 0.25) is 0 Å². The van der Waals surface area contributed by atoms with E-state index in [2.05, 4.69) is 5.32 Å². The number of halogens is 1. The van der Waals surface area contributed by atoms with Gasteiger partial charge < -0.3 is 20.7 Å². The maximum atomic E-state index is 13.4. The number of anilines is 1. The van der Waals surface area contributed by atoms with E-state index in [0.717, 1.165) is 6.07 Å². The Kier molecular flexibility index (Phi) is 3.84. The first-order valence-electron chi connectivity index (χ1n) is 5.83. The van der Waals surface area contributed by atoms with Crippen LogP contribution in [0.3, 0.4) is 0 Å². The Morgan fingerprint density at radius 3 is 3.00 bits per heavy atom. The molecular weight excluding hydrogens is 253 g/mol. The van der Waals surface area contributed by atoms with Gasteiger partial charge in [0, 0.05) is 18.8 Å². The van der Waals surface area contributed by atoms with E-state index in [0.29, 0.717) is 13.1 Å². The van der Waals surface area contributed by atoms with Gasteiger partial charge in [-0.1, -0.05) is 0 Å². The Hall–Kier alpha value is -2.31. The molecule has 0 spiro atoms. The molecule has 102 valence electrons. The van der Waals surface area contributed by atoms with Gasteiger partial charge in [-0.15, -0.1) is 0 Å². The molecule has 2 rings (SSSR count). The Morgan fingerprint density at radius 2 is 2.32 bits per heavy atom. The lowest BCUT2D eigenvalue weighted by Crippen LogP contribution is -2.31. The van der Waals surface area contributed by atoms with Crippen molar-refractivity contribution in [1.29, 1.82) is 0 Å². The number of nitrogens with zero attached hydrogens (tertiary/aromatic N) is 1. The molecule has 0 saturated carbocycles. The molecule has 0 radical (unpaired) electrons. The highest BCUT2D eigenvalue weighted by Gasteiger charge is 2.20. The first-order valence-corrected chi connectivity index (χ1v) is 5.83. The third-order valence-electron chi connectivity index (χ3n) is 2.75. The van der Waals surface area contributed by atoms with Crippen LogP contribution in [0.5, 0.6) is 0 Å². The molecule has 1 fully saturated rings. The number of ether oxygens (including phenoxy) is 1. The Balaban J connectivity index is 1.87. The standard InChI is InChI=1S/C12H14FN3O3/c13-10-2-1-8(14)7-9(10)11(17)19-6-5-16-4-3-15-12(16)18/h1-2,7H,3-6,14H2,(H,15,18). The SMILES string of the molecule is Nc1ccc(F)c(C(=O)OCCN2CCNC2=O)c1. The first kappa shape index (κ1) is 13.1. The summed E-state index contributed by atoms with van der Waals surface area (Å²) in [5.41, 5.74) is 5.56. The number of nitrogens with one attached hydrogen (secondary N) is 1. The van der Waals surface area contributed by atoms with Gasteiger partial charge in [0.15, 0.2) is 0 Å². The average molecular weight is 267 g/mol. The minimum atomic E-state index is -0.788. The molecule has 1 aromatic rings. The van der Waals surface area contributed by atoms with E-state index in [1.807, 2.05) is 0 Å². The molecule has 1 aliphatic rings. The number of rotatable bonds is 4. The van der Waals surface area contributed by atoms with Crippen molar-refractivity contribution in [1.82, 2.24) is 10.2 Å². The second-order valence-corrected chi connectivity index (χ2v) is 4.09. The molecular formula is C12H14FN3O3. The zero-order valence-electron chi connectivity index (χ0n) is 10.2. The summed E-state index contributed by atoms with van der Waals surface area (Å²) in [6.45, 7) is 1.45. The van der Waals surface area contributed by atoms with Crippen molar-refractivity contribution in [3.63, 3.8) is 0 Å². The fraction of sp³-hybridized carbons (Fsp3) is 0.333. The molecule has 0 bridgehead atoms. The van der Waals surface area contributed by atoms with E-state index in [-0.39, 0.29) is 30.4 Å². The average Bonchev–Trinajstić information content (AvgIpc) is 2.78. The monoisotopic (exact) mass is 267 g/mol. The summed E-state index contributed by atoms with van der Waals surface area (Å²) in [5, 5.41) is 2.63. The largest absolute Gasteiger partial charge is 0.460 e. The van der Waals surface area contributed by atoms with Crippen LogP contribution in [0, 0.1) is 5.82 Å². The fourth-order valence-corrected chi connectivity index (χ4v) is 1.75. The van der Waals surface area contributed by atoms with Crippen LogP contribution in [-0.2, 0) is 4.74 Å². The number of hydrogen-bond acceptors (Lipinski definition) is 4. The van der Waals surface area contributed by atoms with E-state index in [4.69, 9.17) is 10.5 Å². The third kappa shape index (κ3) is 3.12. The lowest BCUT2D eigenvalue weighted by atomic mass is 10.2. The predicted octanol–water partition coefficient (Wildman–Crippen LogP) is 0.590. The van der Waals surface area contributed by atoms with Gasteiger partial charge in [-0.25, -0.2) is 14.0 Å². The van der Waals surface area contributed by atoms with Crippen molar-refractivity contribution < 1.29 is 18.7 Å². The van der Waals surface area contributed by atoms with Crippen LogP contribution >= 0.6 is 0 Å². The van der Waals surface area contributed by atoms with Crippen LogP contribution in [0.15, 0.2) is 18.2 Å². The molecule has 1 aliphatic heterocycles. The van der Waals surface area contributed by atoms with Gasteiger partial charge in [0.2, 0.25) is 0 Å². The number of amides is 2. The van der Waals surface area contributed by atoms with E-state index >= 15 is 0 Å². The van der Waals surface area contributed by atoms with E-state index < -0.39 is 11.8 Å². The number of esters is 1. The number of urea groups is 1. The van der Waals surface area contributed by atoms with Crippen molar-refractivity contribution in [2.24, 2.45) is 0 Å². The van der Waals surface area contributed by atoms with Gasteiger partial charge in [-0.2, -0.15) is 0 Å². The number of nitrogens with two attached hydrogens (primary N) is 1. The van der Waals surface area contributed by atoms with Gasteiger partial charge in [0.05, 0.1) is 12.1 Å². The number of carbonyl (C=O) groups is 2. The van der Waals surface area contributed by atoms with Gasteiger partial charge in [-0.05, 0) is 18.2 Å². The van der Waals surface area contributed by atoms with Gasteiger partial charge in [-0.3, -0.25) is 0 Å². The van der Waals surface area contributed by atoms with E-state index in [1.54, 1.807) is 0 Å². The summed E-state index contributed by atoms with van der Waals surface area (Å²) in [6.07, 6.45) is 0. The number of nitrogen functional groups attached to an aromatic ring is 1. The normalized spacial score (nSPS) is 14.4. The molecule has 0 aromatic heterocycles. The highest BCUT2D eigenvalue weighted by molar-refractivity contribution is 5.90. The van der Waals surface area contributed by atoms with E-state index in [1.165, 1.54) is 17.0 Å². The lowest BCUT2D eigenvalue weighted by Gasteiger charge is -2.14. The highest BCUT2D eigenvalue weighted by atomic mass is 19.1. The fourth-order valence-electron chi connectivity index (χ4n) is 1.75. The minimum absolute atomic E-state index is 0.0144.